The smallest absolute Gasteiger partial charge is 0.335 e. The molecule has 0 spiro atoms. The van der Waals surface area contributed by atoms with Gasteiger partial charge in [0.05, 0.1) is 11.7 Å². The second kappa shape index (κ2) is 9.41. The Labute approximate surface area is 223 Å². The van der Waals surface area contributed by atoms with E-state index in [2.05, 4.69) is 9.97 Å². The van der Waals surface area contributed by atoms with Gasteiger partial charge in [-0.25, -0.2) is 14.8 Å². The average molecular weight is 523 g/mol. The third kappa shape index (κ3) is 4.51. The molecule has 4 aromatic rings. The third-order valence-corrected chi connectivity index (χ3v) is 7.21. The molecule has 1 saturated heterocycles. The number of aromatic nitrogens is 4. The first-order chi connectivity index (χ1) is 18.9. The van der Waals surface area contributed by atoms with Crippen molar-refractivity contribution in [1.82, 2.24) is 24.0 Å². The van der Waals surface area contributed by atoms with Crippen LogP contribution in [-0.2, 0) is 11.3 Å². The highest BCUT2D eigenvalue weighted by atomic mass is 16.5. The molecule has 4 N–H and O–H groups in total. The third-order valence-electron chi connectivity index (χ3n) is 7.21. The number of imidazole rings is 1. The van der Waals surface area contributed by atoms with Crippen LogP contribution in [0.2, 0.25) is 0 Å². The number of carbonyl (C=O) groups excluding carboxylic acids is 1. The molecule has 1 saturated carbocycles. The van der Waals surface area contributed by atoms with E-state index in [0.29, 0.717) is 41.3 Å². The number of nitrogens with two attached hydrogens (primary N) is 2. The van der Waals surface area contributed by atoms with E-state index >= 15 is 0 Å². The standard InChI is InChI=1S/C28H26N8O3/c29-15-18(14-28(31)11-12-28)26(37)34-13-10-20(34)16-35-25-23(24(30)32-17-33-25)36(27(35)38)19-6-8-22(9-7-19)39-21-4-2-1-3-5-21/h1-9,14,17,20H,10-13,16,31H2,(H2,30,32,33)/b18-14+/t20-/m0/s1. The molecule has 1 atom stereocenters. The summed E-state index contributed by atoms with van der Waals surface area (Å²) in [6, 6.07) is 18.2. The van der Waals surface area contributed by atoms with E-state index in [4.69, 9.17) is 16.2 Å². The number of hydrogen-bond acceptors (Lipinski definition) is 8. The number of benzene rings is 2. The molecule has 39 heavy (non-hydrogen) atoms. The zero-order chi connectivity index (χ0) is 27.1. The molecule has 2 aromatic carbocycles. The van der Waals surface area contributed by atoms with Crippen molar-refractivity contribution < 1.29 is 9.53 Å². The van der Waals surface area contributed by atoms with Crippen LogP contribution >= 0.6 is 0 Å². The van der Waals surface area contributed by atoms with Gasteiger partial charge in [-0.2, -0.15) is 5.26 Å². The lowest BCUT2D eigenvalue weighted by Gasteiger charge is -2.41. The Kier molecular flexibility index (Phi) is 5.89. The summed E-state index contributed by atoms with van der Waals surface area (Å²) in [4.78, 5) is 36.9. The maximum Gasteiger partial charge on any atom is 0.335 e. The molecule has 196 valence electrons. The van der Waals surface area contributed by atoms with Gasteiger partial charge in [0.15, 0.2) is 11.5 Å². The number of nitrogen functional groups attached to an aromatic ring is 1. The molecule has 1 amide bonds. The monoisotopic (exact) mass is 522 g/mol. The Morgan fingerprint density at radius 2 is 1.85 bits per heavy atom. The number of likely N-dealkylation sites (tertiary alicyclic amines) is 1. The van der Waals surface area contributed by atoms with Crippen LogP contribution in [0.1, 0.15) is 19.3 Å². The van der Waals surface area contributed by atoms with Gasteiger partial charge in [0, 0.05) is 18.6 Å². The molecule has 11 heteroatoms. The van der Waals surface area contributed by atoms with Gasteiger partial charge in [-0.1, -0.05) is 18.2 Å². The van der Waals surface area contributed by atoms with Crippen molar-refractivity contribution in [3.8, 4) is 23.3 Å². The molecule has 2 aromatic heterocycles. The van der Waals surface area contributed by atoms with Crippen LogP contribution in [-0.4, -0.2) is 48.0 Å². The summed E-state index contributed by atoms with van der Waals surface area (Å²) < 4.78 is 8.85. The van der Waals surface area contributed by atoms with E-state index in [0.717, 1.165) is 12.8 Å². The molecular formula is C28H26N8O3. The number of amides is 1. The fraction of sp³-hybridized carbons (Fsp3) is 0.250. The number of fused-ring (bicyclic) bond motifs is 1. The number of nitrogens with zero attached hydrogens (tertiary/aromatic N) is 6. The minimum Gasteiger partial charge on any atom is -0.457 e. The molecule has 2 fully saturated rings. The van der Waals surface area contributed by atoms with E-state index in [-0.39, 0.29) is 35.6 Å². The van der Waals surface area contributed by atoms with Crippen LogP contribution in [0.15, 0.2) is 77.4 Å². The summed E-state index contributed by atoms with van der Waals surface area (Å²) in [6.07, 6.45) is 5.07. The molecule has 1 aliphatic carbocycles. The van der Waals surface area contributed by atoms with E-state index in [1.165, 1.54) is 15.5 Å². The van der Waals surface area contributed by atoms with Crippen molar-refractivity contribution in [3.05, 3.63) is 83.1 Å². The Balaban J connectivity index is 1.31. The summed E-state index contributed by atoms with van der Waals surface area (Å²) in [5.41, 5.74) is 12.7. The van der Waals surface area contributed by atoms with Gasteiger partial charge in [0.2, 0.25) is 0 Å². The van der Waals surface area contributed by atoms with E-state index in [9.17, 15) is 14.9 Å². The first kappa shape index (κ1) is 24.4. The topological polar surface area (TPSA) is 158 Å². The van der Waals surface area contributed by atoms with Crippen molar-refractivity contribution in [2.75, 3.05) is 12.3 Å². The van der Waals surface area contributed by atoms with E-state index in [1.54, 1.807) is 35.2 Å². The zero-order valence-corrected chi connectivity index (χ0v) is 21.0. The first-order valence-corrected chi connectivity index (χ1v) is 12.6. The van der Waals surface area contributed by atoms with E-state index in [1.807, 2.05) is 36.4 Å². The van der Waals surface area contributed by atoms with Gasteiger partial charge in [0.1, 0.15) is 35.0 Å². The Morgan fingerprint density at radius 1 is 1.13 bits per heavy atom. The molecule has 11 nitrogen and oxygen atoms in total. The van der Waals surface area contributed by atoms with Crippen LogP contribution in [0.5, 0.6) is 11.5 Å². The quantitative estimate of drug-likeness (QED) is 0.277. The number of anilines is 1. The fourth-order valence-corrected chi connectivity index (χ4v) is 4.78. The van der Waals surface area contributed by atoms with Crippen molar-refractivity contribution in [3.63, 3.8) is 0 Å². The van der Waals surface area contributed by atoms with Crippen molar-refractivity contribution >= 4 is 22.9 Å². The second-order valence-electron chi connectivity index (χ2n) is 9.91. The molecule has 2 aliphatic rings. The predicted molar refractivity (Wildman–Crippen MR) is 144 cm³/mol. The summed E-state index contributed by atoms with van der Waals surface area (Å²) >= 11 is 0. The number of hydrogen-bond donors (Lipinski definition) is 2. The van der Waals surface area contributed by atoms with E-state index < -0.39 is 5.54 Å². The minimum atomic E-state index is -0.568. The molecule has 6 rings (SSSR count). The largest absolute Gasteiger partial charge is 0.457 e. The number of ether oxygens (including phenoxy) is 1. The Hall–Kier alpha value is -4.95. The molecule has 0 bridgehead atoms. The van der Waals surface area contributed by atoms with Crippen LogP contribution in [0, 0.1) is 11.3 Å². The highest BCUT2D eigenvalue weighted by Crippen LogP contribution is 2.35. The summed E-state index contributed by atoms with van der Waals surface area (Å²) in [7, 11) is 0. The summed E-state index contributed by atoms with van der Waals surface area (Å²) in [6.45, 7) is 0.694. The number of para-hydroxylation sites is 1. The van der Waals surface area contributed by atoms with Gasteiger partial charge in [0.25, 0.3) is 5.91 Å². The molecule has 3 heterocycles. The number of nitriles is 1. The molecular weight excluding hydrogens is 496 g/mol. The highest BCUT2D eigenvalue weighted by molar-refractivity contribution is 5.98. The lowest BCUT2D eigenvalue weighted by atomic mass is 10.0. The normalized spacial score (nSPS) is 17.9. The number of carbonyl (C=O) groups is 1. The second-order valence-corrected chi connectivity index (χ2v) is 9.91. The maximum absolute atomic E-state index is 13.7. The van der Waals surface area contributed by atoms with Crippen molar-refractivity contribution in [2.45, 2.75) is 37.4 Å². The molecule has 0 unspecified atom stereocenters. The van der Waals surface area contributed by atoms with Gasteiger partial charge in [-0.3, -0.25) is 13.9 Å². The first-order valence-electron chi connectivity index (χ1n) is 12.6. The van der Waals surface area contributed by atoms with Gasteiger partial charge in [-0.05, 0) is 61.7 Å². The Bertz CT molecular complexity index is 1700. The zero-order valence-electron chi connectivity index (χ0n) is 21.0. The number of rotatable bonds is 7. The van der Waals surface area contributed by atoms with Gasteiger partial charge >= 0.3 is 5.69 Å². The summed E-state index contributed by atoms with van der Waals surface area (Å²) in [5, 5.41) is 9.56. The van der Waals surface area contributed by atoms with Crippen LogP contribution in [0.3, 0.4) is 0 Å². The van der Waals surface area contributed by atoms with Gasteiger partial charge < -0.3 is 21.1 Å². The molecule has 0 radical (unpaired) electrons. The highest BCUT2D eigenvalue weighted by Gasteiger charge is 2.40. The maximum atomic E-state index is 13.7. The van der Waals surface area contributed by atoms with Crippen LogP contribution in [0.25, 0.3) is 16.9 Å². The summed E-state index contributed by atoms with van der Waals surface area (Å²) in [5.74, 6) is 1.10. The average Bonchev–Trinajstić information content (AvgIpc) is 3.58. The lowest BCUT2D eigenvalue weighted by molar-refractivity contribution is -0.134. The van der Waals surface area contributed by atoms with Crippen LogP contribution in [0.4, 0.5) is 5.82 Å². The Morgan fingerprint density at radius 3 is 2.49 bits per heavy atom. The predicted octanol–water partition coefficient (Wildman–Crippen LogP) is 2.50. The fourth-order valence-electron chi connectivity index (χ4n) is 4.78. The van der Waals surface area contributed by atoms with Crippen molar-refractivity contribution in [2.24, 2.45) is 5.73 Å². The van der Waals surface area contributed by atoms with Crippen LogP contribution < -0.4 is 21.9 Å². The lowest BCUT2D eigenvalue weighted by Crippen LogP contribution is -2.54. The molecule has 1 aliphatic heterocycles. The van der Waals surface area contributed by atoms with Crippen molar-refractivity contribution in [1.29, 1.82) is 5.26 Å². The minimum absolute atomic E-state index is 0.0406. The van der Waals surface area contributed by atoms with Gasteiger partial charge in [-0.15, -0.1) is 0 Å². The SMILES string of the molecule is N#C/C(=C\C1(N)CC1)C(=O)N1CC[C@H]1Cn1c(=O)n(-c2ccc(Oc3ccccc3)cc2)c2c(N)ncnc21.